The Balaban J connectivity index is 2.48. The number of amides is 1. The fourth-order valence-corrected chi connectivity index (χ4v) is 2.24. The van der Waals surface area contributed by atoms with Crippen LogP contribution in [-0.2, 0) is 4.79 Å². The predicted octanol–water partition coefficient (Wildman–Crippen LogP) is 2.93. The molecular formula is C13H25NO. The van der Waals surface area contributed by atoms with Gasteiger partial charge in [0.25, 0.3) is 0 Å². The predicted molar refractivity (Wildman–Crippen MR) is 63.6 cm³/mol. The first kappa shape index (κ1) is 12.5. The Labute approximate surface area is 94.0 Å². The molecule has 1 saturated heterocycles. The van der Waals surface area contributed by atoms with Crippen LogP contribution in [0.25, 0.3) is 0 Å². The van der Waals surface area contributed by atoms with Crippen molar-refractivity contribution in [3.63, 3.8) is 0 Å². The number of hydrogen-bond acceptors (Lipinski definition) is 1. The highest BCUT2D eigenvalue weighted by Crippen LogP contribution is 2.27. The van der Waals surface area contributed by atoms with Gasteiger partial charge >= 0.3 is 0 Å². The van der Waals surface area contributed by atoms with Crippen LogP contribution >= 0.6 is 0 Å². The van der Waals surface area contributed by atoms with Crippen molar-refractivity contribution in [3.8, 4) is 0 Å². The molecule has 1 aliphatic rings. The van der Waals surface area contributed by atoms with E-state index in [0.29, 0.717) is 5.91 Å². The molecule has 2 heteroatoms. The maximum atomic E-state index is 12.0. The van der Waals surface area contributed by atoms with Crippen molar-refractivity contribution in [3.05, 3.63) is 0 Å². The number of piperidine rings is 1. The Hall–Kier alpha value is -0.530. The van der Waals surface area contributed by atoms with Gasteiger partial charge in [-0.05, 0) is 24.7 Å². The van der Waals surface area contributed by atoms with Gasteiger partial charge in [-0.25, -0.2) is 0 Å². The summed E-state index contributed by atoms with van der Waals surface area (Å²) < 4.78 is 0. The molecule has 0 unspecified atom stereocenters. The highest BCUT2D eigenvalue weighted by Gasteiger charge is 2.30. The quantitative estimate of drug-likeness (QED) is 0.653. The molecule has 1 fully saturated rings. The van der Waals surface area contributed by atoms with E-state index in [0.717, 1.165) is 24.9 Å². The zero-order valence-corrected chi connectivity index (χ0v) is 10.8. The van der Waals surface area contributed by atoms with Crippen molar-refractivity contribution >= 4 is 5.91 Å². The minimum Gasteiger partial charge on any atom is -0.342 e. The summed E-state index contributed by atoms with van der Waals surface area (Å²) in [6.45, 7) is 12.5. The monoisotopic (exact) mass is 211 g/mol. The average Bonchev–Trinajstić information content (AvgIpc) is 2.15. The molecule has 15 heavy (non-hydrogen) atoms. The summed E-state index contributed by atoms with van der Waals surface area (Å²) in [5.41, 5.74) is -0.218. The van der Waals surface area contributed by atoms with Crippen LogP contribution in [-0.4, -0.2) is 23.9 Å². The first-order valence-electron chi connectivity index (χ1n) is 6.11. The topological polar surface area (TPSA) is 20.3 Å². The third-order valence-electron chi connectivity index (χ3n) is 3.41. The molecule has 0 radical (unpaired) electrons. The van der Waals surface area contributed by atoms with E-state index >= 15 is 0 Å². The molecule has 0 spiro atoms. The minimum absolute atomic E-state index is 0.218. The van der Waals surface area contributed by atoms with Crippen LogP contribution in [0, 0.1) is 17.3 Å². The van der Waals surface area contributed by atoms with Crippen molar-refractivity contribution < 1.29 is 4.79 Å². The molecule has 0 bridgehead atoms. The molecule has 0 atom stereocenters. The normalized spacial score (nSPS) is 19.7. The summed E-state index contributed by atoms with van der Waals surface area (Å²) in [6, 6.07) is 0. The van der Waals surface area contributed by atoms with Gasteiger partial charge in [-0.15, -0.1) is 0 Å². The molecule has 1 rings (SSSR count). The zero-order chi connectivity index (χ0) is 11.6. The van der Waals surface area contributed by atoms with Crippen LogP contribution in [0.15, 0.2) is 0 Å². The first-order valence-corrected chi connectivity index (χ1v) is 6.11. The van der Waals surface area contributed by atoms with Crippen LogP contribution in [0.3, 0.4) is 0 Å². The minimum atomic E-state index is -0.218. The SMILES string of the molecule is CC(C)C1CCN(C(=O)C(C)(C)C)CC1. The van der Waals surface area contributed by atoms with Gasteiger partial charge in [-0.3, -0.25) is 4.79 Å². The number of nitrogens with zero attached hydrogens (tertiary/aromatic N) is 1. The van der Waals surface area contributed by atoms with Crippen LogP contribution in [0.5, 0.6) is 0 Å². The number of likely N-dealkylation sites (tertiary alicyclic amines) is 1. The lowest BCUT2D eigenvalue weighted by atomic mass is 9.85. The summed E-state index contributed by atoms with van der Waals surface area (Å²) in [5.74, 6) is 1.88. The van der Waals surface area contributed by atoms with Crippen molar-refractivity contribution in [1.29, 1.82) is 0 Å². The molecule has 1 amide bonds. The fourth-order valence-electron chi connectivity index (χ4n) is 2.24. The summed E-state index contributed by atoms with van der Waals surface area (Å²) in [4.78, 5) is 14.1. The van der Waals surface area contributed by atoms with E-state index < -0.39 is 0 Å². The number of carbonyl (C=O) groups is 1. The Morgan fingerprint density at radius 3 is 2.00 bits per heavy atom. The fraction of sp³-hybridized carbons (Fsp3) is 0.923. The van der Waals surface area contributed by atoms with E-state index in [9.17, 15) is 4.79 Å². The van der Waals surface area contributed by atoms with Crippen LogP contribution in [0.4, 0.5) is 0 Å². The van der Waals surface area contributed by atoms with E-state index in [2.05, 4.69) is 13.8 Å². The molecular weight excluding hydrogens is 186 g/mol. The van der Waals surface area contributed by atoms with Crippen LogP contribution in [0.2, 0.25) is 0 Å². The maximum Gasteiger partial charge on any atom is 0.227 e. The molecule has 0 N–H and O–H groups in total. The molecule has 2 nitrogen and oxygen atoms in total. The number of rotatable bonds is 1. The lowest BCUT2D eigenvalue weighted by Gasteiger charge is -2.37. The lowest BCUT2D eigenvalue weighted by Crippen LogP contribution is -2.44. The van der Waals surface area contributed by atoms with E-state index in [1.807, 2.05) is 25.7 Å². The van der Waals surface area contributed by atoms with E-state index in [4.69, 9.17) is 0 Å². The van der Waals surface area contributed by atoms with Gasteiger partial charge in [-0.1, -0.05) is 34.6 Å². The van der Waals surface area contributed by atoms with Gasteiger partial charge in [0.2, 0.25) is 5.91 Å². The molecule has 0 aromatic carbocycles. The largest absolute Gasteiger partial charge is 0.342 e. The molecule has 1 aliphatic heterocycles. The van der Waals surface area contributed by atoms with Crippen molar-refractivity contribution in [2.24, 2.45) is 17.3 Å². The van der Waals surface area contributed by atoms with Crippen LogP contribution in [0.1, 0.15) is 47.5 Å². The second kappa shape index (κ2) is 4.54. The summed E-state index contributed by atoms with van der Waals surface area (Å²) in [5, 5.41) is 0. The van der Waals surface area contributed by atoms with Crippen molar-refractivity contribution in [2.75, 3.05) is 13.1 Å². The smallest absolute Gasteiger partial charge is 0.227 e. The summed E-state index contributed by atoms with van der Waals surface area (Å²) in [7, 11) is 0. The van der Waals surface area contributed by atoms with Gasteiger partial charge in [0.1, 0.15) is 0 Å². The summed E-state index contributed by atoms with van der Waals surface area (Å²) in [6.07, 6.45) is 2.36. The lowest BCUT2D eigenvalue weighted by molar-refractivity contribution is -0.141. The number of carbonyl (C=O) groups excluding carboxylic acids is 1. The standard InChI is InChI=1S/C13H25NO/c1-10(2)11-6-8-14(9-7-11)12(15)13(3,4)5/h10-11H,6-9H2,1-5H3. The van der Waals surface area contributed by atoms with E-state index in [1.54, 1.807) is 0 Å². The Kier molecular flexibility index (Phi) is 3.80. The van der Waals surface area contributed by atoms with Gasteiger partial charge in [-0.2, -0.15) is 0 Å². The molecule has 88 valence electrons. The molecule has 0 saturated carbocycles. The van der Waals surface area contributed by atoms with E-state index in [-0.39, 0.29) is 5.41 Å². The van der Waals surface area contributed by atoms with Gasteiger partial charge in [0, 0.05) is 18.5 Å². The van der Waals surface area contributed by atoms with Gasteiger partial charge < -0.3 is 4.90 Å². The summed E-state index contributed by atoms with van der Waals surface area (Å²) >= 11 is 0. The highest BCUT2D eigenvalue weighted by molar-refractivity contribution is 5.81. The second-order valence-electron chi connectivity index (χ2n) is 6.12. The average molecular weight is 211 g/mol. The van der Waals surface area contributed by atoms with Gasteiger partial charge in [0.15, 0.2) is 0 Å². The number of hydrogen-bond donors (Lipinski definition) is 0. The second-order valence-corrected chi connectivity index (χ2v) is 6.12. The first-order chi connectivity index (χ1) is 6.82. The Morgan fingerprint density at radius 1 is 1.20 bits per heavy atom. The molecule has 0 aliphatic carbocycles. The maximum absolute atomic E-state index is 12.0. The van der Waals surface area contributed by atoms with Crippen molar-refractivity contribution in [1.82, 2.24) is 4.90 Å². The van der Waals surface area contributed by atoms with Crippen molar-refractivity contribution in [2.45, 2.75) is 47.5 Å². The van der Waals surface area contributed by atoms with E-state index in [1.165, 1.54) is 12.8 Å². The Morgan fingerprint density at radius 2 is 1.67 bits per heavy atom. The zero-order valence-electron chi connectivity index (χ0n) is 10.8. The van der Waals surface area contributed by atoms with Crippen LogP contribution < -0.4 is 0 Å². The molecule has 1 heterocycles. The molecule has 0 aromatic rings. The highest BCUT2D eigenvalue weighted by atomic mass is 16.2. The third kappa shape index (κ3) is 3.22. The molecule has 0 aromatic heterocycles. The third-order valence-corrected chi connectivity index (χ3v) is 3.41. The van der Waals surface area contributed by atoms with Gasteiger partial charge in [0.05, 0.1) is 0 Å². The Bertz CT molecular complexity index is 219.